The number of benzene rings is 3. The first kappa shape index (κ1) is 18.4. The van der Waals surface area contributed by atoms with Gasteiger partial charge in [-0.25, -0.2) is 4.39 Å². The molecule has 3 aromatic carbocycles. The predicted octanol–water partition coefficient (Wildman–Crippen LogP) is 4.56. The van der Waals surface area contributed by atoms with Gasteiger partial charge in [-0.05, 0) is 24.3 Å². The molecule has 7 heteroatoms. The summed E-state index contributed by atoms with van der Waals surface area (Å²) in [4.78, 5) is 16.5. The van der Waals surface area contributed by atoms with Crippen LogP contribution in [0.25, 0.3) is 22.8 Å². The molecule has 0 fully saturated rings. The molecule has 6 nitrogen and oxygen atoms in total. The molecule has 29 heavy (non-hydrogen) atoms. The molecule has 4 aromatic rings. The third-order valence-electron chi connectivity index (χ3n) is 4.08. The van der Waals surface area contributed by atoms with Crippen molar-refractivity contribution in [2.24, 2.45) is 0 Å². The van der Waals surface area contributed by atoms with Gasteiger partial charge in [0.2, 0.25) is 5.82 Å². The molecule has 0 radical (unpaired) electrons. The summed E-state index contributed by atoms with van der Waals surface area (Å²) in [6.45, 7) is -0.301. The van der Waals surface area contributed by atoms with Gasteiger partial charge in [0.1, 0.15) is 11.6 Å². The largest absolute Gasteiger partial charge is 0.483 e. The molecule has 1 N–H and O–H groups in total. The Bertz CT molecular complexity index is 1130. The number of para-hydroxylation sites is 2. The zero-order chi connectivity index (χ0) is 20.1. The zero-order valence-corrected chi connectivity index (χ0v) is 15.2. The van der Waals surface area contributed by atoms with Gasteiger partial charge >= 0.3 is 0 Å². The molecule has 1 amide bonds. The molecule has 1 aromatic heterocycles. The van der Waals surface area contributed by atoms with E-state index in [0.29, 0.717) is 17.1 Å². The molecular weight excluding hydrogens is 373 g/mol. The second-order valence-corrected chi connectivity index (χ2v) is 6.10. The number of aromatic nitrogens is 2. The number of ether oxygens (including phenoxy) is 1. The molecule has 0 atom stereocenters. The molecule has 0 bridgehead atoms. The third kappa shape index (κ3) is 4.30. The lowest BCUT2D eigenvalue weighted by Gasteiger charge is -2.10. The average Bonchev–Trinajstić information content (AvgIpc) is 3.25. The molecule has 0 unspecified atom stereocenters. The number of halogens is 1. The molecular formula is C22H16FN3O3. The van der Waals surface area contributed by atoms with E-state index >= 15 is 0 Å². The first-order chi connectivity index (χ1) is 14.2. The number of nitrogens with one attached hydrogen (secondary N) is 1. The van der Waals surface area contributed by atoms with E-state index in [0.717, 1.165) is 5.56 Å². The fraction of sp³-hybridized carbons (Fsp3) is 0.0455. The van der Waals surface area contributed by atoms with Crippen LogP contribution in [0, 0.1) is 5.82 Å². The van der Waals surface area contributed by atoms with Crippen LogP contribution in [-0.2, 0) is 4.79 Å². The van der Waals surface area contributed by atoms with Gasteiger partial charge in [-0.2, -0.15) is 4.98 Å². The quantitative estimate of drug-likeness (QED) is 0.523. The van der Waals surface area contributed by atoms with Crippen molar-refractivity contribution >= 4 is 11.6 Å². The molecule has 0 saturated heterocycles. The smallest absolute Gasteiger partial charge is 0.262 e. The highest BCUT2D eigenvalue weighted by atomic mass is 19.1. The van der Waals surface area contributed by atoms with Gasteiger partial charge in [-0.3, -0.25) is 4.79 Å². The average molecular weight is 389 g/mol. The number of amides is 1. The lowest BCUT2D eigenvalue weighted by molar-refractivity contribution is -0.118. The maximum Gasteiger partial charge on any atom is 0.262 e. The Morgan fingerprint density at radius 2 is 1.69 bits per heavy atom. The number of anilines is 1. The summed E-state index contributed by atoms with van der Waals surface area (Å²) in [6, 6.07) is 22.4. The van der Waals surface area contributed by atoms with Crippen LogP contribution in [0.2, 0.25) is 0 Å². The maximum atomic E-state index is 13.7. The first-order valence-corrected chi connectivity index (χ1v) is 8.86. The third-order valence-corrected chi connectivity index (χ3v) is 4.08. The number of rotatable bonds is 6. The Labute approximate surface area is 166 Å². The summed E-state index contributed by atoms with van der Waals surface area (Å²) in [7, 11) is 0. The van der Waals surface area contributed by atoms with Gasteiger partial charge in [0.25, 0.3) is 11.8 Å². The monoisotopic (exact) mass is 389 g/mol. The van der Waals surface area contributed by atoms with Crippen LogP contribution >= 0.6 is 0 Å². The Hall–Kier alpha value is -4.00. The van der Waals surface area contributed by atoms with E-state index in [1.807, 2.05) is 30.3 Å². The molecule has 0 saturated carbocycles. The predicted molar refractivity (Wildman–Crippen MR) is 106 cm³/mol. The van der Waals surface area contributed by atoms with E-state index in [4.69, 9.17) is 9.26 Å². The van der Waals surface area contributed by atoms with Crippen molar-refractivity contribution in [3.8, 4) is 28.6 Å². The maximum absolute atomic E-state index is 13.7. The van der Waals surface area contributed by atoms with Gasteiger partial charge in [0.05, 0.1) is 11.3 Å². The lowest BCUT2D eigenvalue weighted by Crippen LogP contribution is -2.20. The fourth-order valence-electron chi connectivity index (χ4n) is 2.70. The summed E-state index contributed by atoms with van der Waals surface area (Å²) in [6.07, 6.45) is 0. The van der Waals surface area contributed by atoms with E-state index < -0.39 is 11.7 Å². The van der Waals surface area contributed by atoms with Gasteiger partial charge in [0.15, 0.2) is 6.61 Å². The molecule has 0 aliphatic heterocycles. The topological polar surface area (TPSA) is 77.2 Å². The fourth-order valence-corrected chi connectivity index (χ4v) is 2.70. The van der Waals surface area contributed by atoms with E-state index in [1.54, 1.807) is 36.4 Å². The SMILES string of the molecule is O=C(COc1ccccc1-c1nc(-c2ccccc2)no1)Nc1ccccc1F. The molecule has 0 aliphatic rings. The number of hydrogen-bond donors (Lipinski definition) is 1. The minimum absolute atomic E-state index is 0.0961. The van der Waals surface area contributed by atoms with Crippen LogP contribution in [0.15, 0.2) is 83.4 Å². The Balaban J connectivity index is 1.48. The second kappa shape index (κ2) is 8.35. The Morgan fingerprint density at radius 1 is 0.966 bits per heavy atom. The summed E-state index contributed by atoms with van der Waals surface area (Å²) < 4.78 is 24.6. The van der Waals surface area contributed by atoms with Crippen LogP contribution < -0.4 is 10.1 Å². The van der Waals surface area contributed by atoms with Crippen molar-refractivity contribution in [3.05, 3.63) is 84.7 Å². The van der Waals surface area contributed by atoms with Crippen LogP contribution in [-0.4, -0.2) is 22.7 Å². The van der Waals surface area contributed by atoms with Gasteiger partial charge in [-0.15, -0.1) is 0 Å². The van der Waals surface area contributed by atoms with Crippen molar-refractivity contribution in [1.82, 2.24) is 10.1 Å². The number of carbonyl (C=O) groups excluding carboxylic acids is 1. The van der Waals surface area contributed by atoms with Crippen molar-refractivity contribution < 1.29 is 18.4 Å². The van der Waals surface area contributed by atoms with Crippen LogP contribution in [0.1, 0.15) is 0 Å². The lowest BCUT2D eigenvalue weighted by atomic mass is 10.2. The first-order valence-electron chi connectivity index (χ1n) is 8.86. The zero-order valence-electron chi connectivity index (χ0n) is 15.2. The second-order valence-electron chi connectivity index (χ2n) is 6.10. The molecule has 1 heterocycles. The standard InChI is InChI=1S/C22H16FN3O3/c23-17-11-5-6-12-18(17)24-20(27)14-28-19-13-7-4-10-16(19)22-25-21(26-29-22)15-8-2-1-3-9-15/h1-13H,14H2,(H,24,27). The van der Waals surface area contributed by atoms with Crippen molar-refractivity contribution in [3.63, 3.8) is 0 Å². The van der Waals surface area contributed by atoms with E-state index in [2.05, 4.69) is 15.5 Å². The normalized spacial score (nSPS) is 10.5. The summed E-state index contributed by atoms with van der Waals surface area (Å²) >= 11 is 0. The highest BCUT2D eigenvalue weighted by molar-refractivity contribution is 5.92. The molecule has 0 spiro atoms. The molecule has 0 aliphatic carbocycles. The Morgan fingerprint density at radius 3 is 2.52 bits per heavy atom. The van der Waals surface area contributed by atoms with E-state index in [9.17, 15) is 9.18 Å². The van der Waals surface area contributed by atoms with Crippen molar-refractivity contribution in [2.45, 2.75) is 0 Å². The van der Waals surface area contributed by atoms with Crippen LogP contribution in [0.5, 0.6) is 5.75 Å². The van der Waals surface area contributed by atoms with E-state index in [1.165, 1.54) is 12.1 Å². The Kier molecular flexibility index (Phi) is 5.29. The molecule has 144 valence electrons. The van der Waals surface area contributed by atoms with Crippen LogP contribution in [0.3, 0.4) is 0 Å². The van der Waals surface area contributed by atoms with Crippen molar-refractivity contribution in [2.75, 3.05) is 11.9 Å². The summed E-state index contributed by atoms with van der Waals surface area (Å²) in [5.74, 6) is 0.127. The van der Waals surface area contributed by atoms with Gasteiger partial charge in [0, 0.05) is 5.56 Å². The summed E-state index contributed by atoms with van der Waals surface area (Å²) in [5.41, 5.74) is 1.48. The minimum Gasteiger partial charge on any atom is -0.483 e. The van der Waals surface area contributed by atoms with Gasteiger partial charge in [-0.1, -0.05) is 59.8 Å². The number of hydrogen-bond acceptors (Lipinski definition) is 5. The van der Waals surface area contributed by atoms with Crippen molar-refractivity contribution in [1.29, 1.82) is 0 Å². The number of nitrogens with zero attached hydrogens (tertiary/aromatic N) is 2. The van der Waals surface area contributed by atoms with Gasteiger partial charge < -0.3 is 14.6 Å². The molecule has 4 rings (SSSR count). The minimum atomic E-state index is -0.513. The van der Waals surface area contributed by atoms with Crippen LogP contribution in [0.4, 0.5) is 10.1 Å². The highest BCUT2D eigenvalue weighted by Gasteiger charge is 2.16. The summed E-state index contributed by atoms with van der Waals surface area (Å²) in [5, 5.41) is 6.48. The van der Waals surface area contributed by atoms with E-state index in [-0.39, 0.29) is 18.2 Å². The number of carbonyl (C=O) groups is 1. The highest BCUT2D eigenvalue weighted by Crippen LogP contribution is 2.30.